The van der Waals surface area contributed by atoms with Crippen molar-refractivity contribution in [3.63, 3.8) is 0 Å². The normalized spacial score (nSPS) is 16.7. The van der Waals surface area contributed by atoms with Gasteiger partial charge in [0.2, 0.25) is 0 Å². The third kappa shape index (κ3) is 3.74. The molecule has 0 spiro atoms. The van der Waals surface area contributed by atoms with Crippen LogP contribution in [-0.4, -0.2) is 6.21 Å². The molecule has 0 bridgehead atoms. The highest BCUT2D eigenvalue weighted by molar-refractivity contribution is 6.08. The molecule has 7 rings (SSSR count). The summed E-state index contributed by atoms with van der Waals surface area (Å²) in [6.45, 7) is 0. The van der Waals surface area contributed by atoms with E-state index in [1.165, 1.54) is 62.7 Å². The smallest absolute Gasteiger partial charge is 0.0227 e. The molecule has 5 aromatic carbocycles. The van der Waals surface area contributed by atoms with E-state index < -0.39 is 0 Å². The Labute approximate surface area is 195 Å². The van der Waals surface area contributed by atoms with Gasteiger partial charge in [-0.3, -0.25) is 4.99 Å². The van der Waals surface area contributed by atoms with E-state index in [4.69, 9.17) is 0 Å². The number of nitrogens with zero attached hydrogens (tertiary/aromatic N) is 1. The van der Waals surface area contributed by atoms with Crippen molar-refractivity contribution in [1.82, 2.24) is 0 Å². The van der Waals surface area contributed by atoms with Gasteiger partial charge < -0.3 is 0 Å². The van der Waals surface area contributed by atoms with Crippen molar-refractivity contribution < 1.29 is 0 Å². The zero-order valence-electron chi connectivity index (χ0n) is 18.7. The average Bonchev–Trinajstić information content (AvgIpc) is 3.48. The summed E-state index contributed by atoms with van der Waals surface area (Å²) in [4.78, 5) is 3.78. The van der Waals surface area contributed by atoms with Gasteiger partial charge in [0.25, 0.3) is 0 Å². The number of hydrogen-bond acceptors (Lipinski definition) is 1. The molecule has 33 heavy (non-hydrogen) atoms. The maximum Gasteiger partial charge on any atom is 0.0227 e. The Balaban J connectivity index is 0.000000368. The summed E-state index contributed by atoms with van der Waals surface area (Å²) in [7, 11) is 0. The Kier molecular flexibility index (Phi) is 5.24. The zero-order chi connectivity index (χ0) is 22.0. The molecule has 1 nitrogen and oxygen atoms in total. The molecule has 0 N–H and O–H groups in total. The van der Waals surface area contributed by atoms with Gasteiger partial charge in [0, 0.05) is 24.8 Å². The molecular formula is C32H27N. The SMILES string of the molecule is C1=CN=CC1.c1ccc2cc(C3CCCc4c3ccc3c4ccc4ccccc43)ccc2c1. The summed E-state index contributed by atoms with van der Waals surface area (Å²) in [5.74, 6) is 0.504. The van der Waals surface area contributed by atoms with Crippen molar-refractivity contribution >= 4 is 38.5 Å². The lowest BCUT2D eigenvalue weighted by Crippen LogP contribution is -2.11. The first-order chi connectivity index (χ1) is 16.4. The summed E-state index contributed by atoms with van der Waals surface area (Å²) in [5, 5.41) is 8.22. The van der Waals surface area contributed by atoms with Crippen LogP contribution in [0.2, 0.25) is 0 Å². The van der Waals surface area contributed by atoms with E-state index >= 15 is 0 Å². The molecule has 1 heterocycles. The predicted molar refractivity (Wildman–Crippen MR) is 142 cm³/mol. The summed E-state index contributed by atoms with van der Waals surface area (Å²) < 4.78 is 0. The fraction of sp³-hybridized carbons (Fsp3) is 0.156. The Bertz CT molecular complexity index is 1510. The van der Waals surface area contributed by atoms with Crippen LogP contribution in [0, 0.1) is 0 Å². The highest BCUT2D eigenvalue weighted by Crippen LogP contribution is 2.41. The van der Waals surface area contributed by atoms with Gasteiger partial charge in [-0.2, -0.15) is 0 Å². The first kappa shape index (κ1) is 19.9. The minimum atomic E-state index is 0.504. The molecule has 0 saturated carbocycles. The molecule has 2 aliphatic rings. The van der Waals surface area contributed by atoms with E-state index in [1.807, 2.05) is 12.3 Å². The molecular weight excluding hydrogens is 398 g/mol. The van der Waals surface area contributed by atoms with Crippen LogP contribution in [0.5, 0.6) is 0 Å². The van der Waals surface area contributed by atoms with Crippen LogP contribution < -0.4 is 0 Å². The largest absolute Gasteiger partial charge is 0.269 e. The number of aliphatic imine (C=N–C) groups is 1. The average molecular weight is 426 g/mol. The molecule has 1 aliphatic heterocycles. The van der Waals surface area contributed by atoms with Crippen molar-refractivity contribution in [3.05, 3.63) is 120 Å². The fourth-order valence-corrected chi connectivity index (χ4v) is 5.49. The van der Waals surface area contributed by atoms with Gasteiger partial charge in [0.1, 0.15) is 0 Å². The van der Waals surface area contributed by atoms with Crippen molar-refractivity contribution in [2.45, 2.75) is 31.6 Å². The van der Waals surface area contributed by atoms with E-state index in [0.717, 1.165) is 6.42 Å². The molecule has 1 heteroatoms. The second-order valence-corrected chi connectivity index (χ2v) is 9.02. The quantitative estimate of drug-likeness (QED) is 0.238. The van der Waals surface area contributed by atoms with Gasteiger partial charge in [0.05, 0.1) is 0 Å². The maximum atomic E-state index is 3.78. The summed E-state index contributed by atoms with van der Waals surface area (Å²) in [6, 6.07) is 33.9. The highest BCUT2D eigenvalue weighted by Gasteiger charge is 2.23. The lowest BCUT2D eigenvalue weighted by Gasteiger charge is -2.28. The lowest BCUT2D eigenvalue weighted by molar-refractivity contribution is 0.620. The second kappa shape index (κ2) is 8.67. The van der Waals surface area contributed by atoms with Gasteiger partial charge in [-0.15, -0.1) is 0 Å². The number of rotatable bonds is 1. The fourth-order valence-electron chi connectivity index (χ4n) is 5.49. The molecule has 0 fully saturated rings. The Morgan fingerprint density at radius 3 is 2.27 bits per heavy atom. The van der Waals surface area contributed by atoms with E-state index in [1.54, 1.807) is 11.8 Å². The first-order valence-electron chi connectivity index (χ1n) is 12.0. The molecule has 1 unspecified atom stereocenters. The summed E-state index contributed by atoms with van der Waals surface area (Å²) >= 11 is 0. The zero-order valence-corrected chi connectivity index (χ0v) is 18.7. The number of fused-ring (bicyclic) bond motifs is 6. The summed E-state index contributed by atoms with van der Waals surface area (Å²) in [5.41, 5.74) is 4.55. The lowest BCUT2D eigenvalue weighted by atomic mass is 9.76. The molecule has 5 aromatic rings. The van der Waals surface area contributed by atoms with Gasteiger partial charge >= 0.3 is 0 Å². The van der Waals surface area contributed by atoms with Crippen molar-refractivity contribution in [1.29, 1.82) is 0 Å². The number of hydrogen-bond donors (Lipinski definition) is 0. The minimum absolute atomic E-state index is 0.504. The molecule has 0 amide bonds. The predicted octanol–water partition coefficient (Wildman–Crippen LogP) is 8.59. The van der Waals surface area contributed by atoms with Crippen molar-refractivity contribution in [3.8, 4) is 0 Å². The van der Waals surface area contributed by atoms with E-state index in [0.29, 0.717) is 5.92 Å². The number of aryl methyl sites for hydroxylation is 1. The molecule has 1 aliphatic carbocycles. The third-order valence-corrected chi connectivity index (χ3v) is 7.08. The highest BCUT2D eigenvalue weighted by atomic mass is 14.7. The van der Waals surface area contributed by atoms with Crippen LogP contribution in [0.3, 0.4) is 0 Å². The van der Waals surface area contributed by atoms with Crippen molar-refractivity contribution in [2.24, 2.45) is 4.99 Å². The van der Waals surface area contributed by atoms with Crippen LogP contribution >= 0.6 is 0 Å². The standard InChI is InChI=1S/C28H22.C4H5N/c1-2-8-21-18-22(13-12-19(21)6-1)24-10-5-11-25-27(24)17-16-26-23-9-4-3-7-20(23)14-15-28(25)26;1-2-4-5-3-1/h1-4,6-9,12-18,24H,5,10-11H2;1,3-4H,2H2. The van der Waals surface area contributed by atoms with Gasteiger partial charge in [-0.25, -0.2) is 0 Å². The van der Waals surface area contributed by atoms with Crippen LogP contribution in [0.15, 0.2) is 108 Å². The van der Waals surface area contributed by atoms with E-state index in [-0.39, 0.29) is 0 Å². The molecule has 1 atom stereocenters. The van der Waals surface area contributed by atoms with Crippen LogP contribution in [0.25, 0.3) is 32.3 Å². The van der Waals surface area contributed by atoms with Gasteiger partial charge in [0.15, 0.2) is 0 Å². The molecule has 0 saturated heterocycles. The van der Waals surface area contributed by atoms with E-state index in [2.05, 4.69) is 96.0 Å². The van der Waals surface area contributed by atoms with Crippen LogP contribution in [0.1, 0.15) is 41.9 Å². The van der Waals surface area contributed by atoms with Crippen LogP contribution in [0.4, 0.5) is 0 Å². The number of allylic oxidation sites excluding steroid dienone is 1. The molecule has 0 aromatic heterocycles. The maximum absolute atomic E-state index is 3.78. The molecule has 0 radical (unpaired) electrons. The van der Waals surface area contributed by atoms with Gasteiger partial charge in [-0.05, 0) is 68.3 Å². The molecule has 160 valence electrons. The first-order valence-corrected chi connectivity index (χ1v) is 12.0. The third-order valence-electron chi connectivity index (χ3n) is 7.08. The van der Waals surface area contributed by atoms with Gasteiger partial charge in [-0.1, -0.05) is 97.1 Å². The monoisotopic (exact) mass is 425 g/mol. The van der Waals surface area contributed by atoms with Crippen LogP contribution in [-0.2, 0) is 6.42 Å². The number of benzene rings is 5. The Morgan fingerprint density at radius 1 is 0.667 bits per heavy atom. The summed E-state index contributed by atoms with van der Waals surface area (Å²) in [6.07, 6.45) is 10.4. The minimum Gasteiger partial charge on any atom is -0.269 e. The topological polar surface area (TPSA) is 12.4 Å². The Hall–Kier alpha value is -3.71. The Morgan fingerprint density at radius 2 is 1.45 bits per heavy atom. The second-order valence-electron chi connectivity index (χ2n) is 9.02. The van der Waals surface area contributed by atoms with E-state index in [9.17, 15) is 0 Å². The van der Waals surface area contributed by atoms with Crippen molar-refractivity contribution in [2.75, 3.05) is 0 Å².